The van der Waals surface area contributed by atoms with E-state index in [0.717, 1.165) is 25.6 Å². The van der Waals surface area contributed by atoms with Gasteiger partial charge >= 0.3 is 0 Å². The molecule has 2 rings (SSSR count). The van der Waals surface area contributed by atoms with Gasteiger partial charge in [-0.15, -0.1) is 0 Å². The van der Waals surface area contributed by atoms with Crippen LogP contribution in [-0.4, -0.2) is 62.2 Å². The summed E-state index contributed by atoms with van der Waals surface area (Å²) in [6.07, 6.45) is 6.81. The molecule has 2 aliphatic rings. The van der Waals surface area contributed by atoms with Crippen molar-refractivity contribution < 1.29 is 0 Å². The van der Waals surface area contributed by atoms with Crippen molar-refractivity contribution in [2.75, 3.05) is 52.4 Å². The molecule has 0 aromatic carbocycles. The standard InChI is InChI=1S/C17H33N3/c1-3-8-18-13-16(2)14-20-11-6-17(7-12-20)15-19-9-4-5-10-19/h17-18H,2-15H2,1H3. The molecule has 116 valence electrons. The molecule has 2 heterocycles. The van der Waals surface area contributed by atoms with Gasteiger partial charge in [0.2, 0.25) is 0 Å². The zero-order chi connectivity index (χ0) is 14.2. The fourth-order valence-corrected chi connectivity index (χ4v) is 3.47. The molecule has 3 nitrogen and oxygen atoms in total. The third kappa shape index (κ3) is 5.55. The summed E-state index contributed by atoms with van der Waals surface area (Å²) in [5.41, 5.74) is 1.34. The van der Waals surface area contributed by atoms with Crippen molar-refractivity contribution in [1.29, 1.82) is 0 Å². The minimum Gasteiger partial charge on any atom is -0.313 e. The third-order valence-electron chi connectivity index (χ3n) is 4.67. The summed E-state index contributed by atoms with van der Waals surface area (Å²) in [4.78, 5) is 5.27. The summed E-state index contributed by atoms with van der Waals surface area (Å²) in [5.74, 6) is 0.941. The van der Waals surface area contributed by atoms with Crippen LogP contribution in [0, 0.1) is 5.92 Å². The van der Waals surface area contributed by atoms with Crippen LogP contribution in [0.15, 0.2) is 12.2 Å². The molecule has 0 bridgehead atoms. The lowest BCUT2D eigenvalue weighted by molar-refractivity contribution is 0.162. The Morgan fingerprint density at radius 3 is 2.45 bits per heavy atom. The molecule has 20 heavy (non-hydrogen) atoms. The quantitative estimate of drug-likeness (QED) is 0.543. The van der Waals surface area contributed by atoms with Crippen molar-refractivity contribution in [1.82, 2.24) is 15.1 Å². The van der Waals surface area contributed by atoms with Crippen molar-refractivity contribution in [2.45, 2.75) is 39.0 Å². The first-order valence-electron chi connectivity index (χ1n) is 8.60. The minimum absolute atomic E-state index is 0.941. The molecule has 2 fully saturated rings. The fourth-order valence-electron chi connectivity index (χ4n) is 3.47. The van der Waals surface area contributed by atoms with Crippen LogP contribution in [-0.2, 0) is 0 Å². The molecular formula is C17H33N3. The fraction of sp³-hybridized carbons (Fsp3) is 0.882. The highest BCUT2D eigenvalue weighted by atomic mass is 15.2. The van der Waals surface area contributed by atoms with Crippen LogP contribution < -0.4 is 5.32 Å². The second-order valence-electron chi connectivity index (χ2n) is 6.65. The van der Waals surface area contributed by atoms with Gasteiger partial charge in [0.15, 0.2) is 0 Å². The van der Waals surface area contributed by atoms with Gasteiger partial charge in [-0.05, 0) is 76.3 Å². The summed E-state index contributed by atoms with van der Waals surface area (Å²) in [6, 6.07) is 0. The van der Waals surface area contributed by atoms with Crippen LogP contribution in [0.4, 0.5) is 0 Å². The van der Waals surface area contributed by atoms with Crippen molar-refractivity contribution in [3.8, 4) is 0 Å². The lowest BCUT2D eigenvalue weighted by atomic mass is 9.96. The smallest absolute Gasteiger partial charge is 0.0202 e. The zero-order valence-corrected chi connectivity index (χ0v) is 13.4. The lowest BCUT2D eigenvalue weighted by Gasteiger charge is -2.34. The molecule has 0 amide bonds. The first-order chi connectivity index (χ1) is 9.78. The van der Waals surface area contributed by atoms with Crippen molar-refractivity contribution in [3.05, 3.63) is 12.2 Å². The van der Waals surface area contributed by atoms with Crippen LogP contribution in [0.3, 0.4) is 0 Å². The van der Waals surface area contributed by atoms with Crippen LogP contribution >= 0.6 is 0 Å². The van der Waals surface area contributed by atoms with Crippen molar-refractivity contribution in [3.63, 3.8) is 0 Å². The van der Waals surface area contributed by atoms with Gasteiger partial charge in [-0.2, -0.15) is 0 Å². The van der Waals surface area contributed by atoms with Gasteiger partial charge in [0.05, 0.1) is 0 Å². The molecule has 0 spiro atoms. The van der Waals surface area contributed by atoms with Gasteiger partial charge in [0, 0.05) is 19.6 Å². The van der Waals surface area contributed by atoms with E-state index >= 15 is 0 Å². The summed E-state index contributed by atoms with van der Waals surface area (Å²) in [5, 5.41) is 3.45. The average molecular weight is 279 g/mol. The Bertz CT molecular complexity index is 276. The molecule has 1 N–H and O–H groups in total. The lowest BCUT2D eigenvalue weighted by Crippen LogP contribution is -2.39. The maximum Gasteiger partial charge on any atom is 0.0202 e. The minimum atomic E-state index is 0.941. The molecule has 0 unspecified atom stereocenters. The van der Waals surface area contributed by atoms with Crippen molar-refractivity contribution >= 4 is 0 Å². The van der Waals surface area contributed by atoms with Crippen LogP contribution in [0.2, 0.25) is 0 Å². The normalized spacial score (nSPS) is 22.4. The zero-order valence-electron chi connectivity index (χ0n) is 13.4. The van der Waals surface area contributed by atoms with Gasteiger partial charge in [0.25, 0.3) is 0 Å². The Balaban J connectivity index is 1.57. The van der Waals surface area contributed by atoms with Crippen LogP contribution in [0.1, 0.15) is 39.0 Å². The topological polar surface area (TPSA) is 18.5 Å². The molecule has 0 aliphatic carbocycles. The molecular weight excluding hydrogens is 246 g/mol. The maximum absolute atomic E-state index is 4.21. The van der Waals surface area contributed by atoms with E-state index in [-0.39, 0.29) is 0 Å². The van der Waals surface area contributed by atoms with Crippen LogP contribution in [0.5, 0.6) is 0 Å². The van der Waals surface area contributed by atoms with E-state index in [1.54, 1.807) is 0 Å². The molecule has 2 saturated heterocycles. The van der Waals surface area contributed by atoms with Gasteiger partial charge in [-0.1, -0.05) is 13.5 Å². The highest BCUT2D eigenvalue weighted by Gasteiger charge is 2.22. The molecule has 3 heteroatoms. The van der Waals surface area contributed by atoms with E-state index in [4.69, 9.17) is 0 Å². The Labute approximate surface area is 125 Å². The van der Waals surface area contributed by atoms with Gasteiger partial charge in [-0.3, -0.25) is 4.90 Å². The largest absolute Gasteiger partial charge is 0.313 e. The van der Waals surface area contributed by atoms with Crippen molar-refractivity contribution in [2.24, 2.45) is 5.92 Å². The Morgan fingerprint density at radius 2 is 1.80 bits per heavy atom. The third-order valence-corrected chi connectivity index (χ3v) is 4.67. The maximum atomic E-state index is 4.21. The number of hydrogen-bond donors (Lipinski definition) is 1. The number of piperidine rings is 1. The van der Waals surface area contributed by atoms with E-state index in [1.807, 2.05) is 0 Å². The second kappa shape index (κ2) is 8.81. The number of likely N-dealkylation sites (tertiary alicyclic amines) is 2. The van der Waals surface area contributed by atoms with Gasteiger partial charge in [0.1, 0.15) is 0 Å². The SMILES string of the molecule is C=C(CNCCC)CN1CCC(CN2CCCC2)CC1. The predicted molar refractivity (Wildman–Crippen MR) is 87.1 cm³/mol. The first kappa shape index (κ1) is 16.0. The highest BCUT2D eigenvalue weighted by Crippen LogP contribution is 2.20. The van der Waals surface area contributed by atoms with Gasteiger partial charge in [-0.25, -0.2) is 0 Å². The monoisotopic (exact) mass is 279 g/mol. The Hall–Kier alpha value is -0.380. The number of rotatable bonds is 8. The number of hydrogen-bond acceptors (Lipinski definition) is 3. The number of nitrogens with zero attached hydrogens (tertiary/aromatic N) is 2. The average Bonchev–Trinajstić information content (AvgIpc) is 2.94. The highest BCUT2D eigenvalue weighted by molar-refractivity contribution is 5.00. The Morgan fingerprint density at radius 1 is 1.10 bits per heavy atom. The predicted octanol–water partition coefficient (Wildman–Crippen LogP) is 2.35. The molecule has 0 saturated carbocycles. The van der Waals surface area contributed by atoms with E-state index in [2.05, 4.69) is 28.6 Å². The summed E-state index contributed by atoms with van der Waals surface area (Å²) in [7, 11) is 0. The molecule has 0 radical (unpaired) electrons. The van der Waals surface area contributed by atoms with E-state index in [0.29, 0.717) is 0 Å². The molecule has 0 aromatic heterocycles. The first-order valence-corrected chi connectivity index (χ1v) is 8.60. The van der Waals surface area contributed by atoms with Gasteiger partial charge < -0.3 is 10.2 Å². The van der Waals surface area contributed by atoms with Crippen LogP contribution in [0.25, 0.3) is 0 Å². The van der Waals surface area contributed by atoms with E-state index in [9.17, 15) is 0 Å². The number of nitrogens with one attached hydrogen (secondary N) is 1. The summed E-state index contributed by atoms with van der Waals surface area (Å²) >= 11 is 0. The van der Waals surface area contributed by atoms with E-state index in [1.165, 1.54) is 70.4 Å². The Kier molecular flexibility index (Phi) is 7.05. The second-order valence-corrected chi connectivity index (χ2v) is 6.65. The molecule has 0 atom stereocenters. The van der Waals surface area contributed by atoms with E-state index < -0.39 is 0 Å². The molecule has 2 aliphatic heterocycles. The summed E-state index contributed by atoms with van der Waals surface area (Å²) in [6.45, 7) is 16.2. The summed E-state index contributed by atoms with van der Waals surface area (Å²) < 4.78 is 0. The molecule has 0 aromatic rings.